The van der Waals surface area contributed by atoms with Gasteiger partial charge in [-0.05, 0) is 57.9 Å². The number of hydrogen-bond donors (Lipinski definition) is 2. The summed E-state index contributed by atoms with van der Waals surface area (Å²) in [5, 5.41) is 3.86. The molecule has 3 atom stereocenters. The van der Waals surface area contributed by atoms with E-state index in [0.29, 0.717) is 46.0 Å². The van der Waals surface area contributed by atoms with Gasteiger partial charge in [0.25, 0.3) is 11.5 Å². The number of H-pyrrole nitrogens is 1. The van der Waals surface area contributed by atoms with E-state index in [4.69, 9.17) is 16.3 Å². The topological polar surface area (TPSA) is 100 Å². The molecular weight excluding hydrogens is 461 g/mol. The van der Waals surface area contributed by atoms with Crippen molar-refractivity contribution in [2.24, 2.45) is 0 Å². The summed E-state index contributed by atoms with van der Waals surface area (Å²) in [5.41, 5.74) is 1.70. The number of halogens is 2. The van der Waals surface area contributed by atoms with Gasteiger partial charge < -0.3 is 19.9 Å². The predicted molar refractivity (Wildman–Crippen MR) is 129 cm³/mol. The minimum absolute atomic E-state index is 0.0146. The van der Waals surface area contributed by atoms with Crippen molar-refractivity contribution in [1.29, 1.82) is 0 Å². The smallest absolute Gasteiger partial charge is 0.259 e. The van der Waals surface area contributed by atoms with Gasteiger partial charge in [0.05, 0.1) is 34.7 Å². The molecule has 1 saturated heterocycles. The van der Waals surface area contributed by atoms with Crippen LogP contribution >= 0.6 is 11.6 Å². The standard InChI is InChI=1S/C24H27ClFN5O3/c1-11-9-31(10-12(2)34-11)24(33)16-6-18(26)22(27-8-16)28-14(4)20-13(3)21-19(7-17(20)25)29-15(5)30-23(21)32/h6-8,11-12,14H,9-10H2,1-5H3,(H,27,28)(H,29,30,32)/t11-,12+,14?. The first-order valence-corrected chi connectivity index (χ1v) is 11.5. The number of carbonyl (C=O) groups is 1. The highest BCUT2D eigenvalue weighted by molar-refractivity contribution is 6.32. The van der Waals surface area contributed by atoms with Gasteiger partial charge in [-0.15, -0.1) is 0 Å². The summed E-state index contributed by atoms with van der Waals surface area (Å²) in [5.74, 6) is -0.465. The van der Waals surface area contributed by atoms with E-state index in [-0.39, 0.29) is 35.1 Å². The van der Waals surface area contributed by atoms with Crippen LogP contribution < -0.4 is 10.9 Å². The monoisotopic (exact) mass is 487 g/mol. The number of rotatable bonds is 4. The molecule has 1 amide bonds. The van der Waals surface area contributed by atoms with Gasteiger partial charge in [-0.1, -0.05) is 11.6 Å². The SMILES string of the molecule is Cc1nc2cc(Cl)c(C(C)Nc3ncc(C(=O)N4C[C@@H](C)O[C@@H](C)C4)cc3F)c(C)c2c(=O)[nH]1. The summed E-state index contributed by atoms with van der Waals surface area (Å²) in [6.45, 7) is 9.95. The van der Waals surface area contributed by atoms with Crippen molar-refractivity contribution in [3.05, 3.63) is 62.0 Å². The maximum absolute atomic E-state index is 15.0. The second-order valence-corrected chi connectivity index (χ2v) is 9.24. The Hall–Kier alpha value is -3.04. The van der Waals surface area contributed by atoms with Gasteiger partial charge in [-0.3, -0.25) is 9.59 Å². The van der Waals surface area contributed by atoms with Crippen molar-refractivity contribution in [1.82, 2.24) is 19.9 Å². The Morgan fingerprint density at radius 2 is 1.97 bits per heavy atom. The number of aryl methyl sites for hydroxylation is 2. The summed E-state index contributed by atoms with van der Waals surface area (Å²) in [4.78, 5) is 38.2. The Bertz CT molecular complexity index is 1320. The largest absolute Gasteiger partial charge is 0.372 e. The van der Waals surface area contributed by atoms with Crippen LogP contribution in [0.25, 0.3) is 10.9 Å². The number of aromatic nitrogens is 3. The number of nitrogens with zero attached hydrogens (tertiary/aromatic N) is 3. The van der Waals surface area contributed by atoms with Crippen LogP contribution in [0.15, 0.2) is 23.1 Å². The first-order valence-electron chi connectivity index (χ1n) is 11.1. The summed E-state index contributed by atoms with van der Waals surface area (Å²) < 4.78 is 20.6. The number of ether oxygens (including phenoxy) is 1. The summed E-state index contributed by atoms with van der Waals surface area (Å²) in [6.07, 6.45) is 1.18. The van der Waals surface area contributed by atoms with Crippen LogP contribution in [0.4, 0.5) is 10.2 Å². The fraction of sp³-hybridized carbons (Fsp3) is 0.417. The van der Waals surface area contributed by atoms with E-state index >= 15 is 0 Å². The molecule has 1 aromatic carbocycles. The molecule has 3 aromatic rings. The molecule has 1 aliphatic heterocycles. The summed E-state index contributed by atoms with van der Waals surface area (Å²) >= 11 is 6.52. The molecule has 2 aromatic heterocycles. The van der Waals surface area contributed by atoms with Crippen molar-refractivity contribution >= 4 is 34.2 Å². The third-order valence-electron chi connectivity index (χ3n) is 5.95. The summed E-state index contributed by atoms with van der Waals surface area (Å²) in [6, 6.07) is 2.35. The third-order valence-corrected chi connectivity index (χ3v) is 6.26. The van der Waals surface area contributed by atoms with Gasteiger partial charge in [0.15, 0.2) is 11.6 Å². The second kappa shape index (κ2) is 9.31. The molecule has 0 spiro atoms. The average Bonchev–Trinajstić information content (AvgIpc) is 2.73. The number of carbonyl (C=O) groups excluding carboxylic acids is 1. The van der Waals surface area contributed by atoms with Crippen LogP contribution in [0.2, 0.25) is 5.02 Å². The molecule has 2 N–H and O–H groups in total. The van der Waals surface area contributed by atoms with Crippen molar-refractivity contribution in [2.75, 3.05) is 18.4 Å². The Labute approximate surface area is 201 Å². The first-order chi connectivity index (χ1) is 16.0. The lowest BCUT2D eigenvalue weighted by molar-refractivity contribution is -0.0586. The minimum atomic E-state index is -0.656. The fourth-order valence-electron chi connectivity index (χ4n) is 4.58. The highest BCUT2D eigenvalue weighted by Crippen LogP contribution is 2.33. The molecule has 3 heterocycles. The van der Waals surface area contributed by atoms with Crippen LogP contribution in [-0.4, -0.2) is 51.1 Å². The number of fused-ring (bicyclic) bond motifs is 1. The van der Waals surface area contributed by atoms with Gasteiger partial charge in [0.2, 0.25) is 0 Å². The van der Waals surface area contributed by atoms with E-state index < -0.39 is 11.9 Å². The maximum atomic E-state index is 15.0. The van der Waals surface area contributed by atoms with E-state index in [1.54, 1.807) is 31.7 Å². The van der Waals surface area contributed by atoms with Crippen molar-refractivity contribution < 1.29 is 13.9 Å². The molecule has 0 bridgehead atoms. The number of nitrogens with one attached hydrogen (secondary N) is 2. The minimum Gasteiger partial charge on any atom is -0.372 e. The zero-order valence-electron chi connectivity index (χ0n) is 19.7. The van der Waals surface area contributed by atoms with Gasteiger partial charge >= 0.3 is 0 Å². The molecule has 4 rings (SSSR count). The molecule has 1 aliphatic rings. The van der Waals surface area contributed by atoms with Gasteiger partial charge in [-0.25, -0.2) is 14.4 Å². The van der Waals surface area contributed by atoms with E-state index in [9.17, 15) is 14.0 Å². The van der Waals surface area contributed by atoms with E-state index in [1.807, 2.05) is 13.8 Å². The molecule has 1 unspecified atom stereocenters. The molecular formula is C24H27ClFN5O3. The number of pyridine rings is 1. The number of amides is 1. The number of aromatic amines is 1. The normalized spacial score (nSPS) is 19.3. The number of anilines is 1. The van der Waals surface area contributed by atoms with Crippen LogP contribution in [0.1, 0.15) is 54.1 Å². The van der Waals surface area contributed by atoms with Crippen LogP contribution in [0.5, 0.6) is 0 Å². The Morgan fingerprint density at radius 3 is 2.62 bits per heavy atom. The quantitative estimate of drug-likeness (QED) is 0.573. The average molecular weight is 488 g/mol. The highest BCUT2D eigenvalue weighted by atomic mass is 35.5. The predicted octanol–water partition coefficient (Wildman–Crippen LogP) is 4.15. The second-order valence-electron chi connectivity index (χ2n) is 8.83. The molecule has 1 fully saturated rings. The Morgan fingerprint density at radius 1 is 1.29 bits per heavy atom. The fourth-order valence-corrected chi connectivity index (χ4v) is 4.99. The molecule has 0 radical (unpaired) electrons. The maximum Gasteiger partial charge on any atom is 0.259 e. The zero-order chi connectivity index (χ0) is 24.7. The molecule has 180 valence electrons. The number of benzene rings is 1. The summed E-state index contributed by atoms with van der Waals surface area (Å²) in [7, 11) is 0. The third kappa shape index (κ3) is 4.63. The van der Waals surface area contributed by atoms with E-state index in [1.165, 1.54) is 12.3 Å². The molecule has 0 aliphatic carbocycles. The van der Waals surface area contributed by atoms with E-state index in [0.717, 1.165) is 0 Å². The van der Waals surface area contributed by atoms with Gasteiger partial charge in [0.1, 0.15) is 5.82 Å². The molecule has 8 nitrogen and oxygen atoms in total. The van der Waals surface area contributed by atoms with E-state index in [2.05, 4.69) is 20.3 Å². The lowest BCUT2D eigenvalue weighted by Crippen LogP contribution is -2.48. The Balaban J connectivity index is 1.59. The van der Waals surface area contributed by atoms with Crippen LogP contribution in [0.3, 0.4) is 0 Å². The highest BCUT2D eigenvalue weighted by Gasteiger charge is 2.27. The molecule has 10 heteroatoms. The lowest BCUT2D eigenvalue weighted by Gasteiger charge is -2.35. The van der Waals surface area contributed by atoms with Crippen molar-refractivity contribution in [3.63, 3.8) is 0 Å². The Kier molecular flexibility index (Phi) is 6.60. The van der Waals surface area contributed by atoms with Gasteiger partial charge in [-0.2, -0.15) is 0 Å². The van der Waals surface area contributed by atoms with Crippen molar-refractivity contribution in [2.45, 2.75) is 52.9 Å². The number of morpholine rings is 1. The lowest BCUT2D eigenvalue weighted by atomic mass is 9.98. The zero-order valence-corrected chi connectivity index (χ0v) is 20.5. The first kappa shape index (κ1) is 24.1. The van der Waals surface area contributed by atoms with Crippen molar-refractivity contribution in [3.8, 4) is 0 Å². The molecule has 0 saturated carbocycles. The van der Waals surface area contributed by atoms with Crippen LogP contribution in [0, 0.1) is 19.7 Å². The molecule has 34 heavy (non-hydrogen) atoms. The van der Waals surface area contributed by atoms with Gasteiger partial charge in [0, 0.05) is 24.3 Å². The van der Waals surface area contributed by atoms with Crippen LogP contribution in [-0.2, 0) is 4.74 Å². The number of hydrogen-bond acceptors (Lipinski definition) is 6.